The zero-order chi connectivity index (χ0) is 14.0. The molecule has 4 nitrogen and oxygen atoms in total. The number of pyridine rings is 1. The molecule has 1 unspecified atom stereocenters. The highest BCUT2D eigenvalue weighted by atomic mass is 79.9. The van der Waals surface area contributed by atoms with Gasteiger partial charge in [-0.2, -0.15) is 5.10 Å². The molecule has 0 aromatic carbocycles. The van der Waals surface area contributed by atoms with Crippen molar-refractivity contribution in [1.29, 1.82) is 0 Å². The van der Waals surface area contributed by atoms with Crippen molar-refractivity contribution in [3.05, 3.63) is 39.8 Å². The third-order valence-electron chi connectivity index (χ3n) is 3.20. The monoisotopic (exact) mass is 322 g/mol. The van der Waals surface area contributed by atoms with Gasteiger partial charge in [-0.15, -0.1) is 0 Å². The molecule has 19 heavy (non-hydrogen) atoms. The van der Waals surface area contributed by atoms with Crippen LogP contribution in [0.4, 0.5) is 0 Å². The Morgan fingerprint density at radius 3 is 2.58 bits per heavy atom. The summed E-state index contributed by atoms with van der Waals surface area (Å²) in [6, 6.07) is 4.42. The topological polar surface area (TPSA) is 42.7 Å². The molecule has 102 valence electrons. The largest absolute Gasteiger partial charge is 0.310 e. The number of aromatic nitrogens is 3. The minimum atomic E-state index is 0.318. The number of nitrogens with one attached hydrogen (secondary N) is 1. The Bertz CT molecular complexity index is 560. The van der Waals surface area contributed by atoms with Crippen molar-refractivity contribution in [3.63, 3.8) is 0 Å². The molecule has 2 rings (SSSR count). The van der Waals surface area contributed by atoms with E-state index in [9.17, 15) is 0 Å². The summed E-state index contributed by atoms with van der Waals surface area (Å²) in [4.78, 5) is 4.51. The molecule has 0 saturated heterocycles. The Hall–Kier alpha value is -1.20. The van der Waals surface area contributed by atoms with Gasteiger partial charge in [-0.05, 0) is 54.9 Å². The van der Waals surface area contributed by atoms with Crippen molar-refractivity contribution in [1.82, 2.24) is 20.1 Å². The maximum atomic E-state index is 4.51. The second kappa shape index (κ2) is 5.84. The maximum absolute atomic E-state index is 4.51. The van der Waals surface area contributed by atoms with Crippen LogP contribution in [-0.2, 0) is 0 Å². The van der Waals surface area contributed by atoms with Crippen molar-refractivity contribution >= 4 is 15.9 Å². The van der Waals surface area contributed by atoms with Gasteiger partial charge in [0.1, 0.15) is 0 Å². The van der Waals surface area contributed by atoms with E-state index in [2.05, 4.69) is 51.2 Å². The Morgan fingerprint density at radius 1 is 1.37 bits per heavy atom. The molecule has 1 atom stereocenters. The van der Waals surface area contributed by atoms with Crippen molar-refractivity contribution in [2.45, 2.75) is 33.7 Å². The molecule has 0 bridgehead atoms. The maximum Gasteiger partial charge on any atom is 0.153 e. The number of aryl methyl sites for hydroxylation is 1. The van der Waals surface area contributed by atoms with Gasteiger partial charge in [0.15, 0.2) is 5.82 Å². The number of hydrogen-bond donors (Lipinski definition) is 1. The first-order valence-corrected chi connectivity index (χ1v) is 7.25. The van der Waals surface area contributed by atoms with E-state index in [1.165, 1.54) is 5.56 Å². The molecule has 5 heteroatoms. The Balaban J connectivity index is 2.30. The molecular weight excluding hydrogens is 304 g/mol. The average Bonchev–Trinajstić information content (AvgIpc) is 2.67. The molecule has 0 aliphatic rings. The predicted octanol–water partition coefficient (Wildman–Crippen LogP) is 3.32. The summed E-state index contributed by atoms with van der Waals surface area (Å²) < 4.78 is 2.90. The van der Waals surface area contributed by atoms with Gasteiger partial charge < -0.3 is 5.32 Å². The number of nitrogens with zero attached hydrogens (tertiary/aromatic N) is 3. The van der Waals surface area contributed by atoms with Crippen LogP contribution in [0.5, 0.6) is 0 Å². The van der Waals surface area contributed by atoms with Crippen LogP contribution in [0.25, 0.3) is 5.82 Å². The van der Waals surface area contributed by atoms with Crippen LogP contribution in [0.2, 0.25) is 0 Å². The quantitative estimate of drug-likeness (QED) is 0.939. The molecular formula is C14H19BrN4. The molecule has 0 radical (unpaired) electrons. The second-order valence-electron chi connectivity index (χ2n) is 4.63. The Labute approximate surface area is 122 Å². The molecule has 0 amide bonds. The van der Waals surface area contributed by atoms with Gasteiger partial charge in [-0.25, -0.2) is 9.67 Å². The van der Waals surface area contributed by atoms with Crippen molar-refractivity contribution < 1.29 is 0 Å². The minimum absolute atomic E-state index is 0.318. The lowest BCUT2D eigenvalue weighted by molar-refractivity contribution is 0.595. The van der Waals surface area contributed by atoms with Gasteiger partial charge in [0.25, 0.3) is 0 Å². The fourth-order valence-electron chi connectivity index (χ4n) is 2.05. The zero-order valence-electron chi connectivity index (χ0n) is 11.7. The Morgan fingerprint density at radius 2 is 2.11 bits per heavy atom. The van der Waals surface area contributed by atoms with Crippen LogP contribution in [0.1, 0.15) is 36.8 Å². The summed E-state index contributed by atoms with van der Waals surface area (Å²) in [6.07, 6.45) is 1.91. The standard InChI is InChI=1S/C14H19BrN4/c1-5-16-9(2)12-6-7-13(17-8-12)19-11(4)14(15)10(3)18-19/h6-9,16H,5H2,1-4H3. The summed E-state index contributed by atoms with van der Waals surface area (Å²) in [5.74, 6) is 0.846. The van der Waals surface area contributed by atoms with E-state index in [0.717, 1.165) is 28.2 Å². The van der Waals surface area contributed by atoms with Gasteiger partial charge in [-0.1, -0.05) is 13.0 Å². The van der Waals surface area contributed by atoms with Gasteiger partial charge in [0.2, 0.25) is 0 Å². The highest BCUT2D eigenvalue weighted by Crippen LogP contribution is 2.22. The molecule has 0 aliphatic carbocycles. The number of rotatable bonds is 4. The summed E-state index contributed by atoms with van der Waals surface area (Å²) in [5.41, 5.74) is 3.23. The smallest absolute Gasteiger partial charge is 0.153 e. The van der Waals surface area contributed by atoms with Gasteiger partial charge in [0, 0.05) is 12.2 Å². The van der Waals surface area contributed by atoms with E-state index in [-0.39, 0.29) is 0 Å². The van der Waals surface area contributed by atoms with Crippen LogP contribution in [-0.4, -0.2) is 21.3 Å². The van der Waals surface area contributed by atoms with Crippen molar-refractivity contribution in [2.24, 2.45) is 0 Å². The fourth-order valence-corrected chi connectivity index (χ4v) is 2.30. The van der Waals surface area contributed by atoms with Gasteiger partial charge in [-0.3, -0.25) is 0 Å². The van der Waals surface area contributed by atoms with E-state index >= 15 is 0 Å². The average molecular weight is 323 g/mol. The van der Waals surface area contributed by atoms with Crippen LogP contribution < -0.4 is 5.32 Å². The van der Waals surface area contributed by atoms with Gasteiger partial charge in [0.05, 0.1) is 15.9 Å². The van der Waals surface area contributed by atoms with E-state index in [4.69, 9.17) is 0 Å². The molecule has 1 N–H and O–H groups in total. The highest BCUT2D eigenvalue weighted by molar-refractivity contribution is 9.10. The number of hydrogen-bond acceptors (Lipinski definition) is 3. The van der Waals surface area contributed by atoms with Gasteiger partial charge >= 0.3 is 0 Å². The minimum Gasteiger partial charge on any atom is -0.310 e. The van der Waals surface area contributed by atoms with Crippen LogP contribution in [0.15, 0.2) is 22.8 Å². The van der Waals surface area contributed by atoms with Crippen LogP contribution >= 0.6 is 15.9 Å². The SMILES string of the molecule is CCNC(C)c1ccc(-n2nc(C)c(Br)c2C)nc1. The molecule has 2 aromatic rings. The summed E-state index contributed by atoms with van der Waals surface area (Å²) >= 11 is 3.53. The molecule has 2 aromatic heterocycles. The second-order valence-corrected chi connectivity index (χ2v) is 5.42. The van der Waals surface area contributed by atoms with Crippen LogP contribution in [0, 0.1) is 13.8 Å². The van der Waals surface area contributed by atoms with E-state index < -0.39 is 0 Å². The van der Waals surface area contributed by atoms with E-state index in [1.54, 1.807) is 0 Å². The molecule has 0 aliphatic heterocycles. The summed E-state index contributed by atoms with van der Waals surface area (Å²) in [7, 11) is 0. The zero-order valence-corrected chi connectivity index (χ0v) is 13.3. The van der Waals surface area contributed by atoms with Crippen molar-refractivity contribution in [3.8, 4) is 5.82 Å². The first kappa shape index (κ1) is 14.2. The predicted molar refractivity (Wildman–Crippen MR) is 80.6 cm³/mol. The third-order valence-corrected chi connectivity index (χ3v) is 4.35. The lowest BCUT2D eigenvalue weighted by atomic mass is 10.1. The first-order chi connectivity index (χ1) is 9.04. The molecule has 0 saturated carbocycles. The summed E-state index contributed by atoms with van der Waals surface area (Å²) in [6.45, 7) is 9.20. The molecule has 0 fully saturated rings. The fraction of sp³-hybridized carbons (Fsp3) is 0.429. The molecule has 0 spiro atoms. The highest BCUT2D eigenvalue weighted by Gasteiger charge is 2.11. The lowest BCUT2D eigenvalue weighted by Crippen LogP contribution is -2.18. The van der Waals surface area contributed by atoms with E-state index in [0.29, 0.717) is 6.04 Å². The number of halogens is 1. The lowest BCUT2D eigenvalue weighted by Gasteiger charge is -2.12. The van der Waals surface area contributed by atoms with Crippen LogP contribution in [0.3, 0.4) is 0 Å². The van der Waals surface area contributed by atoms with Crippen molar-refractivity contribution in [2.75, 3.05) is 6.54 Å². The normalized spacial score (nSPS) is 12.7. The first-order valence-electron chi connectivity index (χ1n) is 6.46. The summed E-state index contributed by atoms with van der Waals surface area (Å²) in [5, 5.41) is 7.86. The Kier molecular flexibility index (Phi) is 4.37. The van der Waals surface area contributed by atoms with E-state index in [1.807, 2.05) is 30.8 Å². The third kappa shape index (κ3) is 2.87. The molecule has 2 heterocycles.